The summed E-state index contributed by atoms with van der Waals surface area (Å²) in [7, 11) is 0. The van der Waals surface area contributed by atoms with Gasteiger partial charge in [-0.2, -0.15) is 5.26 Å². The summed E-state index contributed by atoms with van der Waals surface area (Å²) in [6, 6.07) is 11.5. The van der Waals surface area contributed by atoms with Crippen molar-refractivity contribution in [2.45, 2.75) is 20.8 Å². The van der Waals surface area contributed by atoms with Crippen LogP contribution < -0.4 is 0 Å². The smallest absolute Gasteiger partial charge is 0.324 e. The minimum atomic E-state index is -1.25. The lowest BCUT2D eigenvalue weighted by molar-refractivity contribution is -0.159. The third-order valence-electron chi connectivity index (χ3n) is 3.47. The molecule has 0 aliphatic rings. The van der Waals surface area contributed by atoms with Gasteiger partial charge < -0.3 is 9.47 Å². The van der Waals surface area contributed by atoms with E-state index >= 15 is 0 Å². The van der Waals surface area contributed by atoms with Crippen LogP contribution in [0.1, 0.15) is 26.3 Å². The molecule has 1 rings (SSSR count). The Morgan fingerprint density at radius 2 is 1.69 bits per heavy atom. The maximum Gasteiger partial charge on any atom is 0.324 e. The first kappa shape index (κ1) is 20.9. The van der Waals surface area contributed by atoms with Crippen molar-refractivity contribution >= 4 is 18.0 Å². The van der Waals surface area contributed by atoms with E-state index in [-0.39, 0.29) is 18.8 Å². The third kappa shape index (κ3) is 6.06. The van der Waals surface area contributed by atoms with Crippen molar-refractivity contribution in [1.29, 1.82) is 5.26 Å². The van der Waals surface area contributed by atoms with Crippen molar-refractivity contribution in [2.24, 2.45) is 5.92 Å². The van der Waals surface area contributed by atoms with Crippen molar-refractivity contribution in [3.05, 3.63) is 65.3 Å². The Morgan fingerprint density at radius 3 is 2.15 bits per heavy atom. The lowest BCUT2D eigenvalue weighted by atomic mass is 9.96. The Morgan fingerprint density at radius 1 is 1.15 bits per heavy atom. The van der Waals surface area contributed by atoms with E-state index in [2.05, 4.69) is 12.6 Å². The second-order valence-corrected chi connectivity index (χ2v) is 5.42. The Labute approximate surface area is 154 Å². The molecule has 0 bridgehead atoms. The van der Waals surface area contributed by atoms with Gasteiger partial charge in [-0.15, -0.1) is 0 Å². The third-order valence-corrected chi connectivity index (χ3v) is 3.47. The van der Waals surface area contributed by atoms with Gasteiger partial charge in [0.1, 0.15) is 0 Å². The number of rotatable bonds is 8. The number of allylic oxidation sites excluding steroid dienone is 3. The monoisotopic (exact) mass is 353 g/mol. The van der Waals surface area contributed by atoms with Gasteiger partial charge in [-0.25, -0.2) is 0 Å². The Hall–Kier alpha value is -3.13. The first-order chi connectivity index (χ1) is 12.4. The van der Waals surface area contributed by atoms with Crippen molar-refractivity contribution in [3.8, 4) is 6.07 Å². The highest BCUT2D eigenvalue weighted by atomic mass is 16.6. The van der Waals surface area contributed by atoms with Gasteiger partial charge in [0.15, 0.2) is 5.92 Å². The van der Waals surface area contributed by atoms with E-state index in [0.717, 1.165) is 5.56 Å². The van der Waals surface area contributed by atoms with Crippen molar-refractivity contribution in [2.75, 3.05) is 13.2 Å². The average molecular weight is 353 g/mol. The molecule has 0 unspecified atom stereocenters. The van der Waals surface area contributed by atoms with Gasteiger partial charge in [-0.05, 0) is 43.6 Å². The molecular weight excluding hydrogens is 330 g/mol. The van der Waals surface area contributed by atoms with Gasteiger partial charge >= 0.3 is 11.9 Å². The Bertz CT molecular complexity index is 736. The van der Waals surface area contributed by atoms with Crippen LogP contribution in [0.4, 0.5) is 0 Å². The molecule has 5 nitrogen and oxygen atoms in total. The quantitative estimate of drug-likeness (QED) is 0.307. The highest BCUT2D eigenvalue weighted by Gasteiger charge is 2.31. The minimum absolute atomic E-state index is 0.141. The highest BCUT2D eigenvalue weighted by Crippen LogP contribution is 2.21. The van der Waals surface area contributed by atoms with Gasteiger partial charge in [-0.3, -0.25) is 9.59 Å². The van der Waals surface area contributed by atoms with Gasteiger partial charge in [-0.1, -0.05) is 43.0 Å². The van der Waals surface area contributed by atoms with Crippen LogP contribution in [0.2, 0.25) is 0 Å². The SMILES string of the molecule is C=C(/C=C(C)\C(C#N)=C\c1ccccc1)C(C(=O)OCC)C(=O)OCC. The van der Waals surface area contributed by atoms with Crippen LogP contribution in [0, 0.1) is 17.2 Å². The molecular formula is C21H23NO4. The Balaban J connectivity index is 3.14. The van der Waals surface area contributed by atoms with Crippen LogP contribution in [0.5, 0.6) is 0 Å². The number of hydrogen-bond donors (Lipinski definition) is 0. The zero-order valence-electron chi connectivity index (χ0n) is 15.3. The van der Waals surface area contributed by atoms with E-state index < -0.39 is 17.9 Å². The summed E-state index contributed by atoms with van der Waals surface area (Å²) in [6.45, 7) is 9.12. The first-order valence-corrected chi connectivity index (χ1v) is 8.32. The predicted octanol–water partition coefficient (Wildman–Crippen LogP) is 3.84. The zero-order chi connectivity index (χ0) is 19.5. The summed E-state index contributed by atoms with van der Waals surface area (Å²) in [6.07, 6.45) is 3.26. The van der Waals surface area contributed by atoms with Gasteiger partial charge in [0.05, 0.1) is 24.9 Å². The molecule has 1 aromatic carbocycles. The lowest BCUT2D eigenvalue weighted by Crippen LogP contribution is -2.29. The number of ether oxygens (including phenoxy) is 2. The second-order valence-electron chi connectivity index (χ2n) is 5.42. The second kappa shape index (κ2) is 10.7. The molecule has 0 aromatic heterocycles. The molecule has 0 radical (unpaired) electrons. The molecule has 0 aliphatic carbocycles. The molecule has 0 saturated heterocycles. The van der Waals surface area contributed by atoms with E-state index in [1.165, 1.54) is 6.08 Å². The molecule has 0 N–H and O–H groups in total. The zero-order valence-corrected chi connectivity index (χ0v) is 15.3. The van der Waals surface area contributed by atoms with Crippen LogP contribution >= 0.6 is 0 Å². The maximum atomic E-state index is 12.1. The largest absolute Gasteiger partial charge is 0.465 e. The van der Waals surface area contributed by atoms with Gasteiger partial charge in [0, 0.05) is 0 Å². The number of hydrogen-bond acceptors (Lipinski definition) is 5. The molecule has 1 aromatic rings. The van der Waals surface area contributed by atoms with Crippen LogP contribution in [0.3, 0.4) is 0 Å². The predicted molar refractivity (Wildman–Crippen MR) is 99.7 cm³/mol. The summed E-state index contributed by atoms with van der Waals surface area (Å²) in [5.41, 5.74) is 2.08. The van der Waals surface area contributed by atoms with E-state index in [1.54, 1.807) is 26.8 Å². The normalized spacial score (nSPS) is 11.7. The summed E-state index contributed by atoms with van der Waals surface area (Å²) in [5.74, 6) is -2.68. The Kier molecular flexibility index (Phi) is 8.59. The fourth-order valence-electron chi connectivity index (χ4n) is 2.24. The van der Waals surface area contributed by atoms with Crippen LogP contribution in [-0.4, -0.2) is 25.2 Å². The number of carbonyl (C=O) groups is 2. The summed E-state index contributed by atoms with van der Waals surface area (Å²) in [5, 5.41) is 9.42. The van der Waals surface area contributed by atoms with Gasteiger partial charge in [0.2, 0.25) is 0 Å². The molecule has 0 aliphatic heterocycles. The molecule has 136 valence electrons. The number of nitriles is 1. The molecule has 0 atom stereocenters. The van der Waals surface area contributed by atoms with Crippen LogP contribution in [-0.2, 0) is 19.1 Å². The standard InChI is InChI=1S/C21H23NO4/c1-5-25-20(23)19(21(24)26-6-2)16(4)12-15(3)18(14-22)13-17-10-8-7-9-11-17/h7-13,19H,4-6H2,1-3H3/b15-12-,18-13+. The molecule has 0 amide bonds. The molecule has 0 heterocycles. The van der Waals surface area contributed by atoms with Gasteiger partial charge in [0.25, 0.3) is 0 Å². The lowest BCUT2D eigenvalue weighted by Gasteiger charge is -2.15. The molecule has 5 heteroatoms. The fourth-order valence-corrected chi connectivity index (χ4v) is 2.24. The summed E-state index contributed by atoms with van der Waals surface area (Å²) >= 11 is 0. The van der Waals surface area contributed by atoms with Crippen molar-refractivity contribution < 1.29 is 19.1 Å². The fraction of sp³-hybridized carbons (Fsp3) is 0.286. The highest BCUT2D eigenvalue weighted by molar-refractivity contribution is 5.98. The van der Waals surface area contributed by atoms with Crippen LogP contribution in [0.15, 0.2) is 59.7 Å². The maximum absolute atomic E-state index is 12.1. The van der Waals surface area contributed by atoms with Crippen molar-refractivity contribution in [1.82, 2.24) is 0 Å². The number of benzene rings is 1. The molecule has 26 heavy (non-hydrogen) atoms. The minimum Gasteiger partial charge on any atom is -0.465 e. The van der Waals surface area contributed by atoms with Crippen molar-refractivity contribution in [3.63, 3.8) is 0 Å². The molecule has 0 saturated carbocycles. The number of nitrogens with zero attached hydrogens (tertiary/aromatic N) is 1. The van der Waals surface area contributed by atoms with Crippen LogP contribution in [0.25, 0.3) is 6.08 Å². The molecule has 0 spiro atoms. The number of esters is 2. The van der Waals surface area contributed by atoms with E-state index in [0.29, 0.717) is 11.1 Å². The first-order valence-electron chi connectivity index (χ1n) is 8.32. The average Bonchev–Trinajstić information content (AvgIpc) is 2.61. The number of carbonyl (C=O) groups excluding carboxylic acids is 2. The van der Waals surface area contributed by atoms with E-state index in [9.17, 15) is 14.9 Å². The van der Waals surface area contributed by atoms with E-state index in [1.807, 2.05) is 30.3 Å². The summed E-state index contributed by atoms with van der Waals surface area (Å²) in [4.78, 5) is 24.2. The topological polar surface area (TPSA) is 76.4 Å². The van der Waals surface area contributed by atoms with E-state index in [4.69, 9.17) is 9.47 Å². The molecule has 0 fully saturated rings. The summed E-state index contributed by atoms with van der Waals surface area (Å²) < 4.78 is 9.89.